The molecule has 7 nitrogen and oxygen atoms in total. The normalized spacial score (nSPS) is 10.9. The number of nitrogens with two attached hydrogens (primary N) is 1. The highest BCUT2D eigenvalue weighted by Crippen LogP contribution is 2.23. The molecule has 1 heterocycles. The highest BCUT2D eigenvalue weighted by molar-refractivity contribution is 7.80. The van der Waals surface area contributed by atoms with E-state index >= 15 is 0 Å². The lowest BCUT2D eigenvalue weighted by molar-refractivity contribution is -0.274. The molecule has 0 unspecified atom stereocenters. The summed E-state index contributed by atoms with van der Waals surface area (Å²) in [5.41, 5.74) is 5.06. The third-order valence-electron chi connectivity index (χ3n) is 3.68. The molecule has 0 atom stereocenters. The second-order valence-electron chi connectivity index (χ2n) is 6.00. The Morgan fingerprint density at radius 2 is 1.84 bits per heavy atom. The van der Waals surface area contributed by atoms with Crippen LogP contribution >= 0.6 is 12.2 Å². The summed E-state index contributed by atoms with van der Waals surface area (Å²) in [6.07, 6.45) is 0.306. The van der Waals surface area contributed by atoms with Crippen LogP contribution in [0.1, 0.15) is 18.3 Å². The van der Waals surface area contributed by atoms with E-state index in [0.29, 0.717) is 16.6 Å². The van der Waals surface area contributed by atoms with Gasteiger partial charge in [-0.1, -0.05) is 24.3 Å². The van der Waals surface area contributed by atoms with Crippen molar-refractivity contribution in [3.05, 3.63) is 72.3 Å². The van der Waals surface area contributed by atoms with Crippen LogP contribution in [0.3, 0.4) is 0 Å². The maximum atomic E-state index is 12.0. The summed E-state index contributed by atoms with van der Waals surface area (Å²) >= 11 is 4.85. The molecule has 164 valence electrons. The van der Waals surface area contributed by atoms with Crippen LogP contribution in [0.25, 0.3) is 11.8 Å². The fourth-order valence-electron chi connectivity index (χ4n) is 2.30. The van der Waals surface area contributed by atoms with Gasteiger partial charge < -0.3 is 15.5 Å². The number of ether oxygens (including phenoxy) is 1. The molecule has 0 saturated carbocycles. The zero-order valence-corrected chi connectivity index (χ0v) is 17.5. The highest BCUT2D eigenvalue weighted by atomic mass is 32.1. The molecule has 0 aliphatic carbocycles. The van der Waals surface area contributed by atoms with Gasteiger partial charge in [0, 0.05) is 5.69 Å². The number of hydrogen-bond donors (Lipinski definition) is 3. The molecule has 0 spiro atoms. The number of halogens is 3. The summed E-state index contributed by atoms with van der Waals surface area (Å²) in [5.74, 6) is 5.37. The second-order valence-corrected chi connectivity index (χ2v) is 6.41. The molecule has 2 aromatic carbocycles. The third kappa shape index (κ3) is 8.07. The number of alkyl halides is 3. The molecule has 0 aliphatic rings. The monoisotopic (exact) mass is 450 g/mol. The van der Waals surface area contributed by atoms with Crippen molar-refractivity contribution in [2.75, 3.05) is 5.32 Å². The molecular formula is C20H21F3N6OS. The van der Waals surface area contributed by atoms with Gasteiger partial charge >= 0.3 is 6.36 Å². The first-order valence-electron chi connectivity index (χ1n) is 8.95. The highest BCUT2D eigenvalue weighted by Gasteiger charge is 2.30. The van der Waals surface area contributed by atoms with Gasteiger partial charge in [0.2, 0.25) is 0 Å². The molecule has 0 bridgehead atoms. The van der Waals surface area contributed by atoms with E-state index in [2.05, 4.69) is 25.6 Å². The van der Waals surface area contributed by atoms with Gasteiger partial charge in [-0.2, -0.15) is 0 Å². The van der Waals surface area contributed by atoms with Gasteiger partial charge in [-0.3, -0.25) is 0 Å². The number of nitrogens with one attached hydrogen (secondary N) is 2. The number of hydrogen-bond acceptors (Lipinski definition) is 5. The lowest BCUT2D eigenvalue weighted by Crippen LogP contribution is -2.34. The van der Waals surface area contributed by atoms with Crippen molar-refractivity contribution in [1.82, 2.24) is 20.2 Å². The first-order valence-corrected chi connectivity index (χ1v) is 9.36. The zero-order valence-electron chi connectivity index (χ0n) is 16.7. The molecule has 0 fully saturated rings. The standard InChI is InChI=1S/C12H10F3N3O.C8H11N3S/c1-2-3-11-16-8-18(17-11)9-4-6-10(7-5-9)19-12(13,14)15;1-6-4-2-3-5-7(6)10-8(12)11-9/h2-8H,1H3;2-5H,9H2,1H3,(H2,10,11,12)/b3-2+;. The molecule has 3 aromatic rings. The van der Waals surface area contributed by atoms with Crippen LogP contribution in [0.5, 0.6) is 5.75 Å². The molecule has 4 N–H and O–H groups in total. The van der Waals surface area contributed by atoms with E-state index in [1.54, 1.807) is 12.2 Å². The average molecular weight is 450 g/mol. The zero-order chi connectivity index (χ0) is 22.9. The Labute approximate surface area is 182 Å². The van der Waals surface area contributed by atoms with Crippen LogP contribution in [0.2, 0.25) is 0 Å². The number of benzene rings is 2. The van der Waals surface area contributed by atoms with Crippen molar-refractivity contribution < 1.29 is 17.9 Å². The number of para-hydroxylation sites is 1. The first kappa shape index (κ1) is 23.8. The van der Waals surface area contributed by atoms with Crippen molar-refractivity contribution in [3.63, 3.8) is 0 Å². The summed E-state index contributed by atoms with van der Waals surface area (Å²) in [5, 5.41) is 7.51. The third-order valence-corrected chi connectivity index (χ3v) is 3.90. The van der Waals surface area contributed by atoms with E-state index in [-0.39, 0.29) is 5.75 Å². The number of thiocarbonyl (C=S) groups is 1. The lowest BCUT2D eigenvalue weighted by atomic mass is 10.2. The van der Waals surface area contributed by atoms with Crippen LogP contribution in [0.4, 0.5) is 18.9 Å². The maximum Gasteiger partial charge on any atom is 0.573 e. The predicted octanol–water partition coefficient (Wildman–Crippen LogP) is 4.35. The van der Waals surface area contributed by atoms with Crippen LogP contribution in [-0.4, -0.2) is 26.2 Å². The Morgan fingerprint density at radius 3 is 2.42 bits per heavy atom. The van der Waals surface area contributed by atoms with Crippen molar-refractivity contribution >= 4 is 29.1 Å². The number of aryl methyl sites for hydroxylation is 1. The summed E-state index contributed by atoms with van der Waals surface area (Å²) < 4.78 is 41.2. The molecule has 0 amide bonds. The van der Waals surface area contributed by atoms with E-state index in [1.807, 2.05) is 38.1 Å². The minimum atomic E-state index is -4.69. The van der Waals surface area contributed by atoms with E-state index in [4.69, 9.17) is 18.1 Å². The maximum absolute atomic E-state index is 12.0. The van der Waals surface area contributed by atoms with Gasteiger partial charge in [0.05, 0.1) is 5.69 Å². The summed E-state index contributed by atoms with van der Waals surface area (Å²) in [7, 11) is 0. The Hall–Kier alpha value is -3.44. The van der Waals surface area contributed by atoms with Gasteiger partial charge in [-0.15, -0.1) is 18.3 Å². The van der Waals surface area contributed by atoms with E-state index in [9.17, 15) is 13.2 Å². The van der Waals surface area contributed by atoms with Gasteiger partial charge in [0.25, 0.3) is 0 Å². The van der Waals surface area contributed by atoms with Crippen molar-refractivity contribution in [2.45, 2.75) is 20.2 Å². The van der Waals surface area contributed by atoms with E-state index in [0.717, 1.165) is 11.3 Å². The van der Waals surface area contributed by atoms with Crippen molar-refractivity contribution in [3.8, 4) is 11.4 Å². The van der Waals surface area contributed by atoms with E-state index < -0.39 is 6.36 Å². The van der Waals surface area contributed by atoms with Gasteiger partial charge in [-0.25, -0.2) is 15.5 Å². The number of nitrogens with zero attached hydrogens (tertiary/aromatic N) is 3. The summed E-state index contributed by atoms with van der Waals surface area (Å²) in [4.78, 5) is 4.02. The summed E-state index contributed by atoms with van der Waals surface area (Å²) in [6.45, 7) is 3.84. The number of hydrazine groups is 1. The van der Waals surface area contributed by atoms with E-state index in [1.165, 1.54) is 35.3 Å². The molecule has 11 heteroatoms. The average Bonchev–Trinajstić information content (AvgIpc) is 3.18. The van der Waals surface area contributed by atoms with Gasteiger partial charge in [-0.05, 0) is 68.0 Å². The molecule has 3 rings (SSSR count). The van der Waals surface area contributed by atoms with Crippen LogP contribution < -0.4 is 21.3 Å². The number of rotatable bonds is 4. The minimum absolute atomic E-state index is 0.273. The molecule has 0 radical (unpaired) electrons. The lowest BCUT2D eigenvalue weighted by Gasteiger charge is -2.08. The number of allylic oxidation sites excluding steroid dienone is 1. The topological polar surface area (TPSA) is 90.0 Å². The Kier molecular flexibility index (Phi) is 8.53. The van der Waals surface area contributed by atoms with Crippen LogP contribution in [-0.2, 0) is 0 Å². The molecule has 0 aliphatic heterocycles. The largest absolute Gasteiger partial charge is 0.573 e. The molecular weight excluding hydrogens is 429 g/mol. The second kappa shape index (κ2) is 11.1. The van der Waals surface area contributed by atoms with Crippen molar-refractivity contribution in [1.29, 1.82) is 0 Å². The number of anilines is 1. The van der Waals surface area contributed by atoms with Crippen molar-refractivity contribution in [2.24, 2.45) is 5.84 Å². The molecule has 31 heavy (non-hydrogen) atoms. The Morgan fingerprint density at radius 1 is 1.16 bits per heavy atom. The Bertz CT molecular complexity index is 1020. The molecule has 0 saturated heterocycles. The molecule has 1 aromatic heterocycles. The smallest absolute Gasteiger partial charge is 0.406 e. The van der Waals surface area contributed by atoms with Crippen LogP contribution in [0.15, 0.2) is 60.9 Å². The predicted molar refractivity (Wildman–Crippen MR) is 117 cm³/mol. The quantitative estimate of drug-likeness (QED) is 0.309. The SMILES string of the molecule is C/C=C/c1ncn(-c2ccc(OC(F)(F)F)cc2)n1.Cc1ccccc1NC(=S)NN. The van der Waals surface area contributed by atoms with Gasteiger partial charge in [0.1, 0.15) is 12.1 Å². The fraction of sp³-hybridized carbons (Fsp3) is 0.150. The van der Waals surface area contributed by atoms with Gasteiger partial charge in [0.15, 0.2) is 10.9 Å². The first-order chi connectivity index (χ1) is 14.7. The Balaban J connectivity index is 0.000000245. The minimum Gasteiger partial charge on any atom is -0.406 e. The fourth-order valence-corrected chi connectivity index (χ4v) is 2.41. The van der Waals surface area contributed by atoms with Crippen LogP contribution in [0, 0.1) is 6.92 Å². The summed E-state index contributed by atoms with van der Waals surface area (Å²) in [6, 6.07) is 13.2. The number of aromatic nitrogens is 3.